The SMILES string of the molecule is [ClH+]c1ccc2nc(I)[nH]c2c1. The molecule has 0 saturated heterocycles. The minimum Gasteiger partial charge on any atom is -0.333 e. The van der Waals surface area contributed by atoms with Gasteiger partial charge in [-0.3, -0.25) is 0 Å². The third kappa shape index (κ3) is 1.35. The van der Waals surface area contributed by atoms with E-state index in [1.54, 1.807) is 0 Å². The van der Waals surface area contributed by atoms with Crippen LogP contribution >= 0.6 is 22.6 Å². The monoisotopic (exact) mass is 279 g/mol. The minimum absolute atomic E-state index is 0.845. The third-order valence-electron chi connectivity index (χ3n) is 1.42. The number of aromatic nitrogens is 2. The van der Waals surface area contributed by atoms with Gasteiger partial charge in [-0.1, -0.05) is 0 Å². The molecule has 0 fully saturated rings. The van der Waals surface area contributed by atoms with Crippen molar-refractivity contribution < 1.29 is 11.6 Å². The van der Waals surface area contributed by atoms with Gasteiger partial charge in [0.25, 0.3) is 0 Å². The van der Waals surface area contributed by atoms with Gasteiger partial charge in [-0.25, -0.2) is 4.98 Å². The average molecular weight is 279 g/mol. The number of aromatic amines is 1. The van der Waals surface area contributed by atoms with Gasteiger partial charge in [0, 0.05) is 12.1 Å². The number of H-pyrrole nitrogens is 1. The van der Waals surface area contributed by atoms with Crippen LogP contribution in [-0.4, -0.2) is 9.97 Å². The zero-order chi connectivity index (χ0) is 7.84. The summed E-state index contributed by atoms with van der Waals surface area (Å²) in [6.07, 6.45) is 0. The molecular formula is C7H5ClIN2+. The lowest BCUT2D eigenvalue weighted by molar-refractivity contribution is -0.288. The molecule has 0 spiro atoms. The van der Waals surface area contributed by atoms with Crippen molar-refractivity contribution in [3.63, 3.8) is 0 Å². The van der Waals surface area contributed by atoms with Crippen LogP contribution in [0.15, 0.2) is 18.2 Å². The maximum atomic E-state index is 5.00. The number of hydrogen-bond donors (Lipinski definition) is 1. The summed E-state index contributed by atoms with van der Waals surface area (Å²) in [6.45, 7) is 0. The zero-order valence-corrected chi connectivity index (χ0v) is 8.44. The Morgan fingerprint density at radius 3 is 3.09 bits per heavy atom. The van der Waals surface area contributed by atoms with E-state index in [0.717, 1.165) is 19.9 Å². The standard InChI is InChI=1S/C7H5ClIN2/c8-4-1-2-5-6(3-4)11-7(9)10-5/h1-3,8H,(H,10,11)/q+1. The van der Waals surface area contributed by atoms with Gasteiger partial charge in [-0.15, -0.1) is 0 Å². The van der Waals surface area contributed by atoms with Crippen LogP contribution in [-0.2, 0) is 0 Å². The second kappa shape index (κ2) is 2.64. The van der Waals surface area contributed by atoms with E-state index in [2.05, 4.69) is 32.6 Å². The normalized spacial score (nSPS) is 10.7. The van der Waals surface area contributed by atoms with E-state index >= 15 is 0 Å². The highest BCUT2D eigenvalue weighted by Gasteiger charge is 2.02. The predicted octanol–water partition coefficient (Wildman–Crippen LogP) is 1.86. The van der Waals surface area contributed by atoms with Crippen LogP contribution < -0.4 is 0 Å². The van der Waals surface area contributed by atoms with Crippen molar-refractivity contribution in [2.24, 2.45) is 0 Å². The van der Waals surface area contributed by atoms with Crippen LogP contribution in [0.2, 0.25) is 5.02 Å². The molecule has 0 aliphatic heterocycles. The van der Waals surface area contributed by atoms with Crippen molar-refractivity contribution in [3.05, 3.63) is 27.1 Å². The lowest BCUT2D eigenvalue weighted by atomic mass is 10.3. The van der Waals surface area contributed by atoms with Crippen LogP contribution in [0, 0.1) is 15.4 Å². The first-order valence-electron chi connectivity index (χ1n) is 3.08. The molecule has 1 aromatic heterocycles. The fraction of sp³-hybridized carbons (Fsp3) is 0. The third-order valence-corrected chi connectivity index (χ3v) is 2.19. The molecule has 1 aromatic carbocycles. The first-order chi connectivity index (χ1) is 5.25. The van der Waals surface area contributed by atoms with Crippen LogP contribution in [0.4, 0.5) is 0 Å². The highest BCUT2D eigenvalue weighted by atomic mass is 127. The molecule has 0 aliphatic rings. The lowest BCUT2D eigenvalue weighted by Gasteiger charge is -1.81. The number of nitrogens with zero attached hydrogens (tertiary/aromatic N) is 1. The second-order valence-corrected chi connectivity index (χ2v) is 3.70. The number of fused-ring (bicyclic) bond motifs is 1. The average Bonchev–Trinajstić information content (AvgIpc) is 2.27. The van der Waals surface area contributed by atoms with Gasteiger partial charge < -0.3 is 4.98 Å². The first-order valence-corrected chi connectivity index (χ1v) is 4.57. The summed E-state index contributed by atoms with van der Waals surface area (Å²) < 4.78 is 0.901. The topological polar surface area (TPSA) is 28.7 Å². The Bertz CT molecular complexity index is 396. The van der Waals surface area contributed by atoms with Gasteiger partial charge in [-0.05, 0) is 28.7 Å². The van der Waals surface area contributed by atoms with Crippen molar-refractivity contribution in [1.82, 2.24) is 9.97 Å². The van der Waals surface area contributed by atoms with Gasteiger partial charge in [0.05, 0.1) is 11.0 Å². The zero-order valence-electron chi connectivity index (χ0n) is 5.47. The van der Waals surface area contributed by atoms with E-state index in [1.165, 1.54) is 0 Å². The Morgan fingerprint density at radius 1 is 1.45 bits per heavy atom. The summed E-state index contributed by atoms with van der Waals surface area (Å²) in [4.78, 5) is 7.35. The van der Waals surface area contributed by atoms with Crippen LogP contribution in [0.25, 0.3) is 11.0 Å². The summed E-state index contributed by atoms with van der Waals surface area (Å²) in [5, 5.41) is 0.845. The molecule has 0 unspecified atom stereocenters. The molecule has 56 valence electrons. The summed E-state index contributed by atoms with van der Waals surface area (Å²) >= 11 is 7.14. The Hall–Kier alpha value is -0.290. The molecular weight excluding hydrogens is 274 g/mol. The van der Waals surface area contributed by atoms with Crippen molar-refractivity contribution in [2.75, 3.05) is 0 Å². The van der Waals surface area contributed by atoms with Crippen LogP contribution in [0.3, 0.4) is 0 Å². The largest absolute Gasteiger partial charge is 0.333 e. The molecule has 2 nitrogen and oxygen atoms in total. The minimum atomic E-state index is 0.845. The van der Waals surface area contributed by atoms with Gasteiger partial charge in [-0.2, -0.15) is 0 Å². The fourth-order valence-electron chi connectivity index (χ4n) is 0.958. The van der Waals surface area contributed by atoms with Crippen molar-refractivity contribution in [3.8, 4) is 0 Å². The van der Waals surface area contributed by atoms with Crippen molar-refractivity contribution >= 4 is 33.6 Å². The van der Waals surface area contributed by atoms with Crippen LogP contribution in [0.5, 0.6) is 0 Å². The van der Waals surface area contributed by atoms with Crippen molar-refractivity contribution in [1.29, 1.82) is 0 Å². The van der Waals surface area contributed by atoms with E-state index < -0.39 is 0 Å². The molecule has 0 radical (unpaired) electrons. The van der Waals surface area contributed by atoms with Gasteiger partial charge in [0.2, 0.25) is 5.02 Å². The van der Waals surface area contributed by atoms with Crippen molar-refractivity contribution in [2.45, 2.75) is 0 Å². The van der Waals surface area contributed by atoms with E-state index in [0.29, 0.717) is 0 Å². The van der Waals surface area contributed by atoms with E-state index in [9.17, 15) is 0 Å². The Balaban J connectivity index is 2.82. The number of rotatable bonds is 0. The number of halogens is 2. The van der Waals surface area contributed by atoms with Gasteiger partial charge in [0.15, 0.2) is 15.4 Å². The van der Waals surface area contributed by atoms with Gasteiger partial charge in [0.1, 0.15) is 0 Å². The summed E-state index contributed by atoms with van der Waals surface area (Å²) in [6, 6.07) is 5.73. The maximum Gasteiger partial charge on any atom is 0.227 e. The summed E-state index contributed by atoms with van der Waals surface area (Å²) in [5.74, 6) is 0. The molecule has 0 bridgehead atoms. The van der Waals surface area contributed by atoms with E-state index in [-0.39, 0.29) is 0 Å². The summed E-state index contributed by atoms with van der Waals surface area (Å²) in [5.41, 5.74) is 1.99. The molecule has 0 atom stereocenters. The van der Waals surface area contributed by atoms with Gasteiger partial charge >= 0.3 is 0 Å². The van der Waals surface area contributed by atoms with E-state index in [1.807, 2.05) is 18.2 Å². The van der Waals surface area contributed by atoms with Crippen LogP contribution in [0.1, 0.15) is 0 Å². The fourth-order valence-corrected chi connectivity index (χ4v) is 1.69. The smallest absolute Gasteiger partial charge is 0.227 e. The number of benzene rings is 1. The molecule has 11 heavy (non-hydrogen) atoms. The molecule has 1 heterocycles. The number of hydrogen-bond acceptors (Lipinski definition) is 1. The predicted molar refractivity (Wildman–Crippen MR) is 49.4 cm³/mol. The first kappa shape index (κ1) is 7.36. The molecule has 0 aliphatic carbocycles. The highest BCUT2D eigenvalue weighted by molar-refractivity contribution is 14.1. The quantitative estimate of drug-likeness (QED) is 0.733. The summed E-state index contributed by atoms with van der Waals surface area (Å²) in [7, 11) is 0. The molecule has 4 heteroatoms. The van der Waals surface area contributed by atoms with E-state index in [4.69, 9.17) is 11.6 Å². The second-order valence-electron chi connectivity index (χ2n) is 2.21. The number of nitrogens with one attached hydrogen (secondary N) is 1. The maximum absolute atomic E-state index is 5.00. The highest BCUT2D eigenvalue weighted by Crippen LogP contribution is 2.14. The molecule has 2 aromatic rings. The Labute approximate surface area is 82.1 Å². The Kier molecular flexibility index (Phi) is 1.77. The Morgan fingerprint density at radius 2 is 2.27 bits per heavy atom. The molecule has 2 rings (SSSR count). The number of imidazole rings is 1. The molecule has 0 saturated carbocycles. The lowest BCUT2D eigenvalue weighted by Crippen LogP contribution is -1.69. The molecule has 0 amide bonds. The molecule has 1 N–H and O–H groups in total.